The van der Waals surface area contributed by atoms with E-state index in [4.69, 9.17) is 4.74 Å². The lowest BCUT2D eigenvalue weighted by Gasteiger charge is -2.13. The molecule has 0 atom stereocenters. The number of carbonyl (C=O) groups is 1. The number of benzene rings is 1. The minimum Gasteiger partial charge on any atom is -0.491 e. The van der Waals surface area contributed by atoms with Crippen molar-refractivity contribution in [3.05, 3.63) is 42.5 Å². The minimum atomic E-state index is -0.261. The highest BCUT2D eigenvalue weighted by Crippen LogP contribution is 2.26. The molecule has 0 saturated carbocycles. The zero-order chi connectivity index (χ0) is 13.7. The molecule has 2 aromatic rings. The van der Waals surface area contributed by atoms with Crippen molar-refractivity contribution in [3.63, 3.8) is 0 Å². The number of hydrogen-bond donors (Lipinski definition) is 1. The predicted octanol–water partition coefficient (Wildman–Crippen LogP) is 3.06. The van der Waals surface area contributed by atoms with Gasteiger partial charge in [0.25, 0.3) is 0 Å². The van der Waals surface area contributed by atoms with E-state index in [2.05, 4.69) is 10.3 Å². The molecular formula is C14H17N3O2. The van der Waals surface area contributed by atoms with Gasteiger partial charge in [0.2, 0.25) is 0 Å². The van der Waals surface area contributed by atoms with Gasteiger partial charge in [0.1, 0.15) is 12.1 Å². The zero-order valence-electron chi connectivity index (χ0n) is 11.1. The van der Waals surface area contributed by atoms with Crippen LogP contribution in [-0.4, -0.2) is 22.2 Å². The Balaban J connectivity index is 2.17. The summed E-state index contributed by atoms with van der Waals surface area (Å²) in [5, 5.41) is 2.81. The zero-order valence-corrected chi connectivity index (χ0v) is 11.1. The Bertz CT molecular complexity index is 550. The van der Waals surface area contributed by atoms with Crippen molar-refractivity contribution in [1.29, 1.82) is 0 Å². The number of hydrogen-bond acceptors (Lipinski definition) is 3. The summed E-state index contributed by atoms with van der Waals surface area (Å²) in [5.74, 6) is 0.690. The monoisotopic (exact) mass is 259 g/mol. The van der Waals surface area contributed by atoms with E-state index in [1.165, 1.54) is 10.9 Å². The maximum absolute atomic E-state index is 11.9. The van der Waals surface area contributed by atoms with Crippen molar-refractivity contribution >= 4 is 11.7 Å². The molecule has 0 fully saturated rings. The summed E-state index contributed by atoms with van der Waals surface area (Å²) in [6.07, 6.45) is 5.53. The molecule has 1 aromatic carbocycles. The van der Waals surface area contributed by atoms with Crippen LogP contribution in [0.1, 0.15) is 18.9 Å². The first-order valence-corrected chi connectivity index (χ1v) is 6.23. The largest absolute Gasteiger partial charge is 0.491 e. The molecule has 0 aliphatic rings. The Morgan fingerprint density at radius 3 is 3.00 bits per heavy atom. The maximum atomic E-state index is 11.9. The van der Waals surface area contributed by atoms with E-state index < -0.39 is 0 Å². The number of anilines is 1. The molecular weight excluding hydrogens is 242 g/mol. The van der Waals surface area contributed by atoms with Crippen LogP contribution in [-0.2, 0) is 0 Å². The van der Waals surface area contributed by atoms with E-state index in [1.54, 1.807) is 12.4 Å². The van der Waals surface area contributed by atoms with Crippen molar-refractivity contribution in [2.24, 2.45) is 0 Å². The molecule has 0 aliphatic carbocycles. The third kappa shape index (κ3) is 3.34. The Hall–Kier alpha value is -2.30. The van der Waals surface area contributed by atoms with Gasteiger partial charge < -0.3 is 10.1 Å². The molecule has 1 amide bonds. The predicted molar refractivity (Wildman–Crippen MR) is 73.6 cm³/mol. The summed E-state index contributed by atoms with van der Waals surface area (Å²) >= 11 is 0. The van der Waals surface area contributed by atoms with E-state index >= 15 is 0 Å². The fraction of sp³-hybridized carbons (Fsp3) is 0.286. The molecule has 2 rings (SSSR count). The van der Waals surface area contributed by atoms with Crippen molar-refractivity contribution in [3.8, 4) is 5.75 Å². The van der Waals surface area contributed by atoms with Gasteiger partial charge in [-0.3, -0.25) is 4.57 Å². The fourth-order valence-corrected chi connectivity index (χ4v) is 1.62. The van der Waals surface area contributed by atoms with Crippen LogP contribution >= 0.6 is 0 Å². The van der Waals surface area contributed by atoms with Gasteiger partial charge >= 0.3 is 6.03 Å². The summed E-state index contributed by atoms with van der Waals surface area (Å²) in [5.41, 5.74) is 1.75. The first kappa shape index (κ1) is 13.1. The number of imidazole rings is 1. The van der Waals surface area contributed by atoms with Crippen molar-refractivity contribution in [2.75, 3.05) is 11.9 Å². The second-order valence-electron chi connectivity index (χ2n) is 4.25. The van der Waals surface area contributed by atoms with Gasteiger partial charge in [-0.2, -0.15) is 0 Å². The van der Waals surface area contributed by atoms with Gasteiger partial charge in [-0.15, -0.1) is 0 Å². The third-order valence-electron chi connectivity index (χ3n) is 2.58. The number of ether oxygens (including phenoxy) is 1. The second kappa shape index (κ2) is 6.04. The summed E-state index contributed by atoms with van der Waals surface area (Å²) in [7, 11) is 0. The minimum absolute atomic E-state index is 0.261. The van der Waals surface area contributed by atoms with Gasteiger partial charge in [-0.25, -0.2) is 9.78 Å². The summed E-state index contributed by atoms with van der Waals surface area (Å²) in [6.45, 7) is 4.65. The number of aromatic nitrogens is 2. The maximum Gasteiger partial charge on any atom is 0.331 e. The Kier molecular flexibility index (Phi) is 4.18. The average molecular weight is 259 g/mol. The standard InChI is InChI=1S/C14H17N3O2/c1-3-8-19-13-9-11(2)4-5-12(13)16-14(18)17-7-6-15-10-17/h4-7,9-10H,3,8H2,1-2H3,(H,16,18). The first-order valence-electron chi connectivity index (χ1n) is 6.23. The molecule has 0 radical (unpaired) electrons. The number of carbonyl (C=O) groups excluding carboxylic acids is 1. The van der Waals surface area contributed by atoms with Gasteiger partial charge in [0.05, 0.1) is 12.3 Å². The lowest BCUT2D eigenvalue weighted by atomic mass is 10.2. The molecule has 1 aromatic heterocycles. The van der Waals surface area contributed by atoms with Crippen LogP contribution in [0.4, 0.5) is 10.5 Å². The highest BCUT2D eigenvalue weighted by atomic mass is 16.5. The van der Waals surface area contributed by atoms with Crippen molar-refractivity contribution in [2.45, 2.75) is 20.3 Å². The van der Waals surface area contributed by atoms with Crippen LogP contribution in [0.2, 0.25) is 0 Å². The molecule has 5 nitrogen and oxygen atoms in total. The third-order valence-corrected chi connectivity index (χ3v) is 2.58. The summed E-state index contributed by atoms with van der Waals surface area (Å²) in [4.78, 5) is 15.8. The van der Waals surface area contributed by atoms with Crippen molar-refractivity contribution in [1.82, 2.24) is 9.55 Å². The summed E-state index contributed by atoms with van der Waals surface area (Å²) in [6, 6.07) is 5.43. The Morgan fingerprint density at radius 1 is 1.47 bits per heavy atom. The van der Waals surface area contributed by atoms with Crippen LogP contribution in [0.5, 0.6) is 5.75 Å². The van der Waals surface area contributed by atoms with E-state index in [-0.39, 0.29) is 6.03 Å². The van der Waals surface area contributed by atoms with E-state index in [1.807, 2.05) is 32.0 Å². The van der Waals surface area contributed by atoms with Crippen LogP contribution < -0.4 is 10.1 Å². The molecule has 0 aliphatic heterocycles. The Labute approximate surface area is 112 Å². The number of nitrogens with one attached hydrogen (secondary N) is 1. The second-order valence-corrected chi connectivity index (χ2v) is 4.25. The smallest absolute Gasteiger partial charge is 0.331 e. The molecule has 0 spiro atoms. The molecule has 100 valence electrons. The van der Waals surface area contributed by atoms with E-state index in [9.17, 15) is 4.79 Å². The molecule has 0 unspecified atom stereocenters. The lowest BCUT2D eigenvalue weighted by molar-refractivity contribution is 0.253. The SMILES string of the molecule is CCCOc1cc(C)ccc1NC(=O)n1ccnc1. The summed E-state index contributed by atoms with van der Waals surface area (Å²) < 4.78 is 7.02. The Morgan fingerprint density at radius 2 is 2.32 bits per heavy atom. The molecule has 0 bridgehead atoms. The van der Waals surface area contributed by atoms with Crippen LogP contribution in [0, 0.1) is 6.92 Å². The molecule has 1 N–H and O–H groups in total. The van der Waals surface area contributed by atoms with Gasteiger partial charge in [0, 0.05) is 12.4 Å². The first-order chi connectivity index (χ1) is 9.20. The van der Waals surface area contributed by atoms with Gasteiger partial charge in [-0.1, -0.05) is 13.0 Å². The van der Waals surface area contributed by atoms with Crippen LogP contribution in [0.25, 0.3) is 0 Å². The van der Waals surface area contributed by atoms with Crippen molar-refractivity contribution < 1.29 is 9.53 Å². The van der Waals surface area contributed by atoms with Gasteiger partial charge in [0.15, 0.2) is 0 Å². The fourth-order valence-electron chi connectivity index (χ4n) is 1.62. The number of amides is 1. The van der Waals surface area contributed by atoms with Crippen LogP contribution in [0.3, 0.4) is 0 Å². The molecule has 0 saturated heterocycles. The van der Waals surface area contributed by atoms with E-state index in [0.29, 0.717) is 18.0 Å². The van der Waals surface area contributed by atoms with Gasteiger partial charge in [-0.05, 0) is 31.0 Å². The molecule has 19 heavy (non-hydrogen) atoms. The highest BCUT2D eigenvalue weighted by Gasteiger charge is 2.09. The van der Waals surface area contributed by atoms with Crippen LogP contribution in [0.15, 0.2) is 36.9 Å². The topological polar surface area (TPSA) is 56.1 Å². The van der Waals surface area contributed by atoms with E-state index in [0.717, 1.165) is 12.0 Å². The average Bonchev–Trinajstić information content (AvgIpc) is 2.93. The number of aryl methyl sites for hydroxylation is 1. The molecule has 1 heterocycles. The number of nitrogens with zero attached hydrogens (tertiary/aromatic N) is 2. The molecule has 5 heteroatoms. The lowest BCUT2D eigenvalue weighted by Crippen LogP contribution is -2.18. The normalized spacial score (nSPS) is 10.2. The highest BCUT2D eigenvalue weighted by molar-refractivity contribution is 5.92. The quantitative estimate of drug-likeness (QED) is 0.918. The number of rotatable bonds is 4.